The van der Waals surface area contributed by atoms with E-state index in [0.29, 0.717) is 12.2 Å². The van der Waals surface area contributed by atoms with Crippen LogP contribution in [0.4, 0.5) is 0 Å². The summed E-state index contributed by atoms with van der Waals surface area (Å²) in [5.41, 5.74) is 0.316. The van der Waals surface area contributed by atoms with Gasteiger partial charge < -0.3 is 9.47 Å². The maximum atomic E-state index is 6.03. The molecule has 1 atom stereocenters. The van der Waals surface area contributed by atoms with Crippen molar-refractivity contribution in [1.82, 2.24) is 4.90 Å². The summed E-state index contributed by atoms with van der Waals surface area (Å²) in [7, 11) is 0. The van der Waals surface area contributed by atoms with Crippen LogP contribution in [-0.4, -0.2) is 47.9 Å². The standard InChI is InChI=1S/C15H27NO2/c1-6-7-16-14(2,3)8-12(9-15(16,4)5)17-10-13-11-18-13/h6,12-13H,1,7-11H2,2-5H3. The first-order chi connectivity index (χ1) is 8.35. The summed E-state index contributed by atoms with van der Waals surface area (Å²) in [4.78, 5) is 2.54. The highest BCUT2D eigenvalue weighted by molar-refractivity contribution is 5.02. The van der Waals surface area contributed by atoms with Crippen molar-refractivity contribution in [3.05, 3.63) is 12.7 Å². The summed E-state index contributed by atoms with van der Waals surface area (Å²) in [6, 6.07) is 0. The second-order valence-corrected chi connectivity index (χ2v) is 6.84. The highest BCUT2D eigenvalue weighted by Gasteiger charge is 2.45. The van der Waals surface area contributed by atoms with E-state index < -0.39 is 0 Å². The van der Waals surface area contributed by atoms with Crippen LogP contribution in [0.2, 0.25) is 0 Å². The summed E-state index contributed by atoms with van der Waals surface area (Å²) in [5, 5.41) is 0. The van der Waals surface area contributed by atoms with Gasteiger partial charge in [0.2, 0.25) is 0 Å². The molecule has 0 N–H and O–H groups in total. The molecule has 0 amide bonds. The van der Waals surface area contributed by atoms with Gasteiger partial charge in [-0.1, -0.05) is 6.08 Å². The molecule has 0 bridgehead atoms. The van der Waals surface area contributed by atoms with E-state index in [1.54, 1.807) is 0 Å². The van der Waals surface area contributed by atoms with E-state index in [-0.39, 0.29) is 11.1 Å². The summed E-state index contributed by atoms with van der Waals surface area (Å²) >= 11 is 0. The van der Waals surface area contributed by atoms with E-state index in [1.165, 1.54) is 0 Å². The molecule has 2 aliphatic rings. The maximum absolute atomic E-state index is 6.03. The zero-order valence-corrected chi connectivity index (χ0v) is 12.2. The summed E-state index contributed by atoms with van der Waals surface area (Å²) in [6.07, 6.45) is 4.87. The number of hydrogen-bond acceptors (Lipinski definition) is 3. The first-order valence-corrected chi connectivity index (χ1v) is 6.97. The Morgan fingerprint density at radius 2 is 1.83 bits per heavy atom. The van der Waals surface area contributed by atoms with Gasteiger partial charge in [0.25, 0.3) is 0 Å². The van der Waals surface area contributed by atoms with Crippen molar-refractivity contribution in [2.75, 3.05) is 19.8 Å². The van der Waals surface area contributed by atoms with Gasteiger partial charge in [0.05, 0.1) is 19.3 Å². The van der Waals surface area contributed by atoms with Crippen molar-refractivity contribution >= 4 is 0 Å². The molecular formula is C15H27NO2. The second kappa shape index (κ2) is 4.95. The van der Waals surface area contributed by atoms with Gasteiger partial charge in [-0.3, -0.25) is 4.90 Å². The third-order valence-corrected chi connectivity index (χ3v) is 4.15. The number of likely N-dealkylation sites (tertiary alicyclic amines) is 1. The van der Waals surface area contributed by atoms with Crippen LogP contribution in [0, 0.1) is 0 Å². The third kappa shape index (κ3) is 3.14. The lowest BCUT2D eigenvalue weighted by Crippen LogP contribution is -2.62. The number of epoxide rings is 1. The average Bonchev–Trinajstić information content (AvgIpc) is 3.03. The van der Waals surface area contributed by atoms with Crippen LogP contribution in [0.15, 0.2) is 12.7 Å². The molecule has 0 saturated carbocycles. The first kappa shape index (κ1) is 14.0. The van der Waals surface area contributed by atoms with Crippen molar-refractivity contribution in [2.24, 2.45) is 0 Å². The third-order valence-electron chi connectivity index (χ3n) is 4.15. The van der Waals surface area contributed by atoms with Crippen LogP contribution >= 0.6 is 0 Å². The molecule has 104 valence electrons. The minimum absolute atomic E-state index is 0.158. The topological polar surface area (TPSA) is 25.0 Å². The summed E-state index contributed by atoms with van der Waals surface area (Å²) < 4.78 is 11.2. The Morgan fingerprint density at radius 3 is 2.28 bits per heavy atom. The zero-order chi connectivity index (χ0) is 13.4. The molecule has 0 aromatic rings. The maximum Gasteiger partial charge on any atom is 0.104 e. The van der Waals surface area contributed by atoms with Gasteiger partial charge in [-0.25, -0.2) is 0 Å². The van der Waals surface area contributed by atoms with E-state index in [1.807, 2.05) is 6.08 Å². The Balaban J connectivity index is 2.00. The lowest BCUT2D eigenvalue weighted by Gasteiger charge is -2.55. The van der Waals surface area contributed by atoms with E-state index >= 15 is 0 Å². The van der Waals surface area contributed by atoms with Crippen molar-refractivity contribution in [3.8, 4) is 0 Å². The number of hydrogen-bond donors (Lipinski definition) is 0. The Morgan fingerprint density at radius 1 is 1.28 bits per heavy atom. The predicted octanol–water partition coefficient (Wildman–Crippen LogP) is 2.61. The molecular weight excluding hydrogens is 226 g/mol. The van der Waals surface area contributed by atoms with Crippen LogP contribution < -0.4 is 0 Å². The van der Waals surface area contributed by atoms with E-state index in [4.69, 9.17) is 9.47 Å². The zero-order valence-electron chi connectivity index (χ0n) is 12.2. The van der Waals surface area contributed by atoms with Gasteiger partial charge in [0.15, 0.2) is 0 Å². The van der Waals surface area contributed by atoms with Crippen molar-refractivity contribution in [3.63, 3.8) is 0 Å². The monoisotopic (exact) mass is 253 g/mol. The van der Waals surface area contributed by atoms with Crippen molar-refractivity contribution in [2.45, 2.75) is 63.8 Å². The second-order valence-electron chi connectivity index (χ2n) is 6.84. The SMILES string of the molecule is C=CCN1C(C)(C)CC(OCC2CO2)CC1(C)C. The molecule has 0 aromatic carbocycles. The van der Waals surface area contributed by atoms with Crippen LogP contribution in [0.5, 0.6) is 0 Å². The van der Waals surface area contributed by atoms with E-state index in [2.05, 4.69) is 39.2 Å². The Bertz CT molecular complexity index is 290. The predicted molar refractivity (Wildman–Crippen MR) is 73.8 cm³/mol. The Hall–Kier alpha value is -0.380. The molecule has 0 aliphatic carbocycles. The average molecular weight is 253 g/mol. The van der Waals surface area contributed by atoms with Crippen molar-refractivity contribution in [1.29, 1.82) is 0 Å². The number of ether oxygens (including phenoxy) is 2. The molecule has 3 nitrogen and oxygen atoms in total. The number of rotatable bonds is 5. The lowest BCUT2D eigenvalue weighted by molar-refractivity contribution is -0.100. The van der Waals surface area contributed by atoms with Crippen molar-refractivity contribution < 1.29 is 9.47 Å². The minimum Gasteiger partial charge on any atom is -0.375 e. The normalized spacial score (nSPS) is 31.2. The number of nitrogens with zero attached hydrogens (tertiary/aromatic N) is 1. The Labute approximate surface area is 111 Å². The van der Waals surface area contributed by atoms with E-state index in [0.717, 1.165) is 32.6 Å². The molecule has 0 radical (unpaired) electrons. The largest absolute Gasteiger partial charge is 0.375 e. The molecule has 2 aliphatic heterocycles. The van der Waals surface area contributed by atoms with Gasteiger partial charge in [0, 0.05) is 17.6 Å². The molecule has 18 heavy (non-hydrogen) atoms. The van der Waals surface area contributed by atoms with Crippen LogP contribution in [0.1, 0.15) is 40.5 Å². The smallest absolute Gasteiger partial charge is 0.104 e. The van der Waals surface area contributed by atoms with Crippen LogP contribution in [0.3, 0.4) is 0 Å². The van der Waals surface area contributed by atoms with Gasteiger partial charge in [-0.05, 0) is 40.5 Å². The molecule has 2 rings (SSSR count). The van der Waals surface area contributed by atoms with Crippen LogP contribution in [0.25, 0.3) is 0 Å². The highest BCUT2D eigenvalue weighted by atomic mass is 16.6. The number of piperidine rings is 1. The molecule has 1 unspecified atom stereocenters. The molecule has 2 fully saturated rings. The lowest BCUT2D eigenvalue weighted by atomic mass is 9.78. The fraction of sp³-hybridized carbons (Fsp3) is 0.867. The summed E-state index contributed by atoms with van der Waals surface area (Å²) in [5.74, 6) is 0. The minimum atomic E-state index is 0.158. The van der Waals surface area contributed by atoms with Gasteiger partial charge in [-0.2, -0.15) is 0 Å². The van der Waals surface area contributed by atoms with Gasteiger partial charge >= 0.3 is 0 Å². The molecule has 2 saturated heterocycles. The fourth-order valence-electron chi connectivity index (χ4n) is 3.38. The quantitative estimate of drug-likeness (QED) is 0.556. The molecule has 0 aromatic heterocycles. The Kier molecular flexibility index (Phi) is 3.86. The summed E-state index contributed by atoms with van der Waals surface area (Å²) in [6.45, 7) is 15.7. The van der Waals surface area contributed by atoms with E-state index in [9.17, 15) is 0 Å². The fourth-order valence-corrected chi connectivity index (χ4v) is 3.38. The molecule has 2 heterocycles. The van der Waals surface area contributed by atoms with Gasteiger partial charge in [0.1, 0.15) is 6.10 Å². The van der Waals surface area contributed by atoms with Gasteiger partial charge in [-0.15, -0.1) is 6.58 Å². The molecule has 3 heteroatoms. The van der Waals surface area contributed by atoms with Crippen LogP contribution in [-0.2, 0) is 9.47 Å². The first-order valence-electron chi connectivity index (χ1n) is 6.97. The molecule has 0 spiro atoms. The highest BCUT2D eigenvalue weighted by Crippen LogP contribution is 2.39.